The average Bonchev–Trinajstić information content (AvgIpc) is 2.69. The van der Waals surface area contributed by atoms with Gasteiger partial charge in [-0.05, 0) is 33.3 Å². The highest BCUT2D eigenvalue weighted by Crippen LogP contribution is 2.47. The summed E-state index contributed by atoms with van der Waals surface area (Å²) >= 11 is 0. The van der Waals surface area contributed by atoms with Gasteiger partial charge in [-0.25, -0.2) is 0 Å². The summed E-state index contributed by atoms with van der Waals surface area (Å²) in [6, 6.07) is 5.59. The molecule has 1 aromatic rings. The zero-order chi connectivity index (χ0) is 17.7. The van der Waals surface area contributed by atoms with Gasteiger partial charge in [0.1, 0.15) is 5.78 Å². The predicted octanol–water partition coefficient (Wildman–Crippen LogP) is 2.32. The van der Waals surface area contributed by atoms with Gasteiger partial charge < -0.3 is 14.7 Å². The third kappa shape index (κ3) is 2.47. The van der Waals surface area contributed by atoms with Crippen LogP contribution in [0.1, 0.15) is 44.7 Å². The van der Waals surface area contributed by atoms with Crippen LogP contribution in [0.4, 0.5) is 5.69 Å². The molecule has 5 heteroatoms. The van der Waals surface area contributed by atoms with Crippen molar-refractivity contribution in [3.8, 4) is 0 Å². The first kappa shape index (κ1) is 17.1. The van der Waals surface area contributed by atoms with Gasteiger partial charge in [-0.15, -0.1) is 0 Å². The summed E-state index contributed by atoms with van der Waals surface area (Å²) in [7, 11) is 0. The lowest BCUT2D eigenvalue weighted by Crippen LogP contribution is -2.54. The van der Waals surface area contributed by atoms with E-state index in [-0.39, 0.29) is 18.8 Å². The molecule has 0 saturated carbocycles. The van der Waals surface area contributed by atoms with Crippen LogP contribution >= 0.6 is 0 Å². The minimum absolute atomic E-state index is 0.0570. The van der Waals surface area contributed by atoms with E-state index in [0.29, 0.717) is 17.8 Å². The molecule has 0 aromatic heterocycles. The Balaban J connectivity index is 2.08. The number of aryl methyl sites for hydroxylation is 1. The zero-order valence-corrected chi connectivity index (χ0v) is 14.8. The third-order valence-electron chi connectivity index (χ3n) is 5.01. The first-order chi connectivity index (χ1) is 11.2. The summed E-state index contributed by atoms with van der Waals surface area (Å²) < 4.78 is 5.76. The van der Waals surface area contributed by atoms with Crippen LogP contribution in [0.3, 0.4) is 0 Å². The number of hydrogen-bond acceptors (Lipinski definition) is 4. The lowest BCUT2D eigenvalue weighted by molar-refractivity contribution is -0.172. The highest BCUT2D eigenvalue weighted by atomic mass is 16.5. The van der Waals surface area contributed by atoms with Gasteiger partial charge in [-0.2, -0.15) is 0 Å². The van der Waals surface area contributed by atoms with Gasteiger partial charge in [-0.3, -0.25) is 9.59 Å². The topological polar surface area (TPSA) is 66.8 Å². The van der Waals surface area contributed by atoms with Crippen LogP contribution in [-0.2, 0) is 19.9 Å². The quantitative estimate of drug-likeness (QED) is 0.923. The second kappa shape index (κ2) is 5.67. The molecular formula is C19H25NO4. The first-order valence-corrected chi connectivity index (χ1v) is 8.53. The van der Waals surface area contributed by atoms with Crippen molar-refractivity contribution in [2.24, 2.45) is 5.92 Å². The molecule has 0 spiro atoms. The van der Waals surface area contributed by atoms with Gasteiger partial charge >= 0.3 is 0 Å². The van der Waals surface area contributed by atoms with Gasteiger partial charge in [0.2, 0.25) is 0 Å². The fourth-order valence-corrected chi connectivity index (χ4v) is 3.75. The number of Topliss-reactive ketones (excluding diaryl/α,β-unsaturated/α-hetero) is 1. The van der Waals surface area contributed by atoms with Crippen LogP contribution in [0.15, 0.2) is 18.2 Å². The average molecular weight is 331 g/mol. The number of amides is 1. The molecule has 1 N–H and O–H groups in total. The second-order valence-corrected chi connectivity index (χ2v) is 7.51. The number of aliphatic hydroxyl groups is 1. The number of fused-ring (bicyclic) bond motifs is 1. The number of rotatable bonds is 3. The summed E-state index contributed by atoms with van der Waals surface area (Å²) in [6.45, 7) is 8.17. The molecule has 2 aliphatic heterocycles. The van der Waals surface area contributed by atoms with Crippen molar-refractivity contribution >= 4 is 17.4 Å². The summed E-state index contributed by atoms with van der Waals surface area (Å²) in [5.74, 6) is -1.39. The highest BCUT2D eigenvalue weighted by molar-refractivity contribution is 6.09. The molecule has 1 aromatic carbocycles. The largest absolute Gasteiger partial charge is 0.375 e. The maximum absolute atomic E-state index is 13.1. The molecule has 0 bridgehead atoms. The van der Waals surface area contributed by atoms with Crippen LogP contribution in [0.2, 0.25) is 0 Å². The van der Waals surface area contributed by atoms with Gasteiger partial charge in [0.25, 0.3) is 5.91 Å². The number of benzene rings is 1. The number of hydrogen-bond donors (Lipinski definition) is 1. The molecule has 0 radical (unpaired) electrons. The molecule has 1 fully saturated rings. The molecule has 130 valence electrons. The number of carbonyl (C=O) groups excluding carboxylic acids is 2. The van der Waals surface area contributed by atoms with Gasteiger partial charge in [0.05, 0.1) is 23.8 Å². The number of ketones is 1. The van der Waals surface area contributed by atoms with E-state index in [1.807, 2.05) is 45.9 Å². The molecule has 2 heterocycles. The van der Waals surface area contributed by atoms with E-state index in [9.17, 15) is 14.7 Å². The lowest BCUT2D eigenvalue weighted by Gasteiger charge is -2.39. The number of anilines is 1. The van der Waals surface area contributed by atoms with E-state index in [1.165, 1.54) is 0 Å². The standard InChI is InChI=1S/C19H25NO4/c1-5-8-20-15-7-6-12(2)9-13(15)19(23,17(20)22)14-11-24-18(3,4)10-16(14)21/h6-7,9,14,23H,5,8,10-11H2,1-4H3/t14-,19-/m0/s1. The molecule has 1 saturated heterocycles. The van der Waals surface area contributed by atoms with E-state index < -0.39 is 23.0 Å². The van der Waals surface area contributed by atoms with E-state index in [1.54, 1.807) is 4.90 Å². The Bertz CT molecular complexity index is 697. The third-order valence-corrected chi connectivity index (χ3v) is 5.01. The van der Waals surface area contributed by atoms with Crippen LogP contribution in [0.5, 0.6) is 0 Å². The molecule has 0 unspecified atom stereocenters. The van der Waals surface area contributed by atoms with E-state index in [2.05, 4.69) is 0 Å². The van der Waals surface area contributed by atoms with E-state index in [4.69, 9.17) is 4.74 Å². The monoisotopic (exact) mass is 331 g/mol. The van der Waals surface area contributed by atoms with E-state index >= 15 is 0 Å². The summed E-state index contributed by atoms with van der Waals surface area (Å²) in [5, 5.41) is 11.4. The zero-order valence-electron chi connectivity index (χ0n) is 14.8. The minimum Gasteiger partial charge on any atom is -0.375 e. The van der Waals surface area contributed by atoms with Crippen LogP contribution < -0.4 is 4.90 Å². The maximum atomic E-state index is 13.1. The fourth-order valence-electron chi connectivity index (χ4n) is 3.75. The van der Waals surface area contributed by atoms with Crippen molar-refractivity contribution in [3.63, 3.8) is 0 Å². The van der Waals surface area contributed by atoms with Crippen molar-refractivity contribution in [1.82, 2.24) is 0 Å². The Morgan fingerprint density at radius 1 is 1.33 bits per heavy atom. The van der Waals surface area contributed by atoms with Crippen LogP contribution in [0, 0.1) is 12.8 Å². The summed E-state index contributed by atoms with van der Waals surface area (Å²) in [5.41, 5.74) is -0.202. The highest BCUT2D eigenvalue weighted by Gasteiger charge is 2.58. The molecule has 1 amide bonds. The van der Waals surface area contributed by atoms with Gasteiger partial charge in [0.15, 0.2) is 5.60 Å². The molecule has 2 aliphatic rings. The smallest absolute Gasteiger partial charge is 0.264 e. The Kier molecular flexibility index (Phi) is 4.04. The second-order valence-electron chi connectivity index (χ2n) is 7.51. The number of ether oxygens (including phenoxy) is 1. The van der Waals surface area contributed by atoms with Crippen molar-refractivity contribution in [2.75, 3.05) is 18.1 Å². The summed E-state index contributed by atoms with van der Waals surface area (Å²) in [4.78, 5) is 27.4. The Labute approximate surface area is 142 Å². The number of carbonyl (C=O) groups is 2. The van der Waals surface area contributed by atoms with Crippen molar-refractivity contribution in [2.45, 2.75) is 51.7 Å². The predicted molar refractivity (Wildman–Crippen MR) is 90.9 cm³/mol. The van der Waals surface area contributed by atoms with Crippen LogP contribution in [0.25, 0.3) is 0 Å². The maximum Gasteiger partial charge on any atom is 0.264 e. The molecule has 5 nitrogen and oxygen atoms in total. The molecule has 3 rings (SSSR count). The van der Waals surface area contributed by atoms with Crippen molar-refractivity contribution < 1.29 is 19.4 Å². The minimum atomic E-state index is -1.83. The fraction of sp³-hybridized carbons (Fsp3) is 0.579. The van der Waals surface area contributed by atoms with E-state index in [0.717, 1.165) is 12.0 Å². The first-order valence-electron chi connectivity index (χ1n) is 8.53. The van der Waals surface area contributed by atoms with Gasteiger partial charge in [0, 0.05) is 18.5 Å². The van der Waals surface area contributed by atoms with Crippen molar-refractivity contribution in [3.05, 3.63) is 29.3 Å². The van der Waals surface area contributed by atoms with Crippen molar-refractivity contribution in [1.29, 1.82) is 0 Å². The molecule has 0 aliphatic carbocycles. The van der Waals surface area contributed by atoms with Crippen LogP contribution in [-0.4, -0.2) is 35.5 Å². The molecule has 2 atom stereocenters. The SMILES string of the molecule is CCCN1C(=O)[C@@](O)([C@H]2COC(C)(C)CC2=O)c2cc(C)ccc21. The normalized spacial score (nSPS) is 29.0. The molecule has 24 heavy (non-hydrogen) atoms. The molecular weight excluding hydrogens is 306 g/mol. The Morgan fingerprint density at radius 2 is 2.04 bits per heavy atom. The lowest BCUT2D eigenvalue weighted by atomic mass is 9.75. The summed E-state index contributed by atoms with van der Waals surface area (Å²) in [6.07, 6.45) is 0.972. The number of nitrogens with zero attached hydrogens (tertiary/aromatic N) is 1. The Morgan fingerprint density at radius 3 is 2.67 bits per heavy atom. The van der Waals surface area contributed by atoms with Gasteiger partial charge in [-0.1, -0.05) is 24.6 Å². The Hall–Kier alpha value is -1.72.